The zero-order chi connectivity index (χ0) is 13.2. The zero-order valence-electron chi connectivity index (χ0n) is 11.1. The van der Waals surface area contributed by atoms with Crippen LogP contribution < -0.4 is 10.6 Å². The lowest BCUT2D eigenvalue weighted by Crippen LogP contribution is -2.37. The molecule has 0 aliphatic heterocycles. The average molecular weight is 399 g/mol. The van der Waals surface area contributed by atoms with Crippen LogP contribution in [0.15, 0.2) is 23.3 Å². The Labute approximate surface area is 136 Å². The van der Waals surface area contributed by atoms with Crippen LogP contribution in [0.1, 0.15) is 12.0 Å². The molecule has 5 nitrogen and oxygen atoms in total. The number of nitrogens with zero attached hydrogens (tertiary/aromatic N) is 2. The van der Waals surface area contributed by atoms with Gasteiger partial charge in [-0.1, -0.05) is 17.7 Å². The van der Waals surface area contributed by atoms with Crippen molar-refractivity contribution in [2.75, 3.05) is 27.3 Å². The van der Waals surface area contributed by atoms with Crippen molar-refractivity contribution in [2.24, 2.45) is 4.99 Å². The summed E-state index contributed by atoms with van der Waals surface area (Å²) in [6.45, 7) is 2.23. The highest BCUT2D eigenvalue weighted by molar-refractivity contribution is 14.0. The Bertz CT molecular complexity index is 372. The van der Waals surface area contributed by atoms with Gasteiger partial charge in [0.2, 0.25) is 0 Å². The summed E-state index contributed by atoms with van der Waals surface area (Å²) < 4.78 is 4.98. The molecule has 2 N–H and O–H groups in total. The maximum Gasteiger partial charge on any atom is 0.191 e. The highest BCUT2D eigenvalue weighted by Gasteiger charge is 1.98. The molecule has 0 aliphatic carbocycles. The van der Waals surface area contributed by atoms with Crippen LogP contribution in [0.4, 0.5) is 0 Å². The van der Waals surface area contributed by atoms with Gasteiger partial charge in [0, 0.05) is 40.1 Å². The maximum atomic E-state index is 5.72. The minimum atomic E-state index is 0. The Balaban J connectivity index is 0.00000324. The number of guanidine groups is 1. The predicted octanol–water partition coefficient (Wildman–Crippen LogP) is 2.05. The minimum absolute atomic E-state index is 0. The fourth-order valence-electron chi connectivity index (χ4n) is 1.34. The van der Waals surface area contributed by atoms with Gasteiger partial charge in [-0.2, -0.15) is 0 Å². The quantitative estimate of drug-likeness (QED) is 0.253. The molecule has 1 aromatic rings. The molecule has 0 aromatic carbocycles. The molecule has 108 valence electrons. The molecule has 0 radical (unpaired) electrons. The molecular formula is C12H20ClIN4O. The standard InChI is InChI=1S/C12H19ClN4O.HI/c1-14-12(15-6-3-7-18-2)17-9-10-4-5-11(13)16-8-10;/h4-5,8H,3,6-7,9H2,1-2H3,(H2,14,15,17);1H. The summed E-state index contributed by atoms with van der Waals surface area (Å²) in [4.78, 5) is 8.14. The van der Waals surface area contributed by atoms with Crippen LogP contribution in [0.3, 0.4) is 0 Å². The second-order valence-corrected chi connectivity index (χ2v) is 4.08. The molecule has 0 fully saturated rings. The summed E-state index contributed by atoms with van der Waals surface area (Å²) in [6.07, 6.45) is 2.69. The molecule has 0 saturated carbocycles. The zero-order valence-corrected chi connectivity index (χ0v) is 14.2. The molecule has 0 bridgehead atoms. The van der Waals surface area contributed by atoms with Gasteiger partial charge in [0.05, 0.1) is 0 Å². The van der Waals surface area contributed by atoms with Gasteiger partial charge in [0.25, 0.3) is 0 Å². The number of rotatable bonds is 6. The number of aromatic nitrogens is 1. The minimum Gasteiger partial charge on any atom is -0.385 e. The molecule has 0 saturated heterocycles. The van der Waals surface area contributed by atoms with E-state index in [1.165, 1.54) is 0 Å². The van der Waals surface area contributed by atoms with Crippen LogP contribution in [0, 0.1) is 0 Å². The van der Waals surface area contributed by atoms with Crippen LogP contribution in [-0.2, 0) is 11.3 Å². The second-order valence-electron chi connectivity index (χ2n) is 3.69. The van der Waals surface area contributed by atoms with Crippen molar-refractivity contribution in [3.8, 4) is 0 Å². The van der Waals surface area contributed by atoms with Crippen LogP contribution in [-0.4, -0.2) is 38.3 Å². The van der Waals surface area contributed by atoms with Crippen molar-refractivity contribution in [2.45, 2.75) is 13.0 Å². The normalized spacial score (nSPS) is 10.8. The molecule has 1 heterocycles. The van der Waals surface area contributed by atoms with Crippen molar-refractivity contribution in [3.63, 3.8) is 0 Å². The summed E-state index contributed by atoms with van der Waals surface area (Å²) in [5.74, 6) is 0.765. The van der Waals surface area contributed by atoms with E-state index in [-0.39, 0.29) is 24.0 Å². The van der Waals surface area contributed by atoms with Crippen LogP contribution in [0.5, 0.6) is 0 Å². The molecule has 0 aliphatic rings. The van der Waals surface area contributed by atoms with Crippen molar-refractivity contribution in [1.82, 2.24) is 15.6 Å². The SMILES string of the molecule is CN=C(NCCCOC)NCc1ccc(Cl)nc1.I. The number of hydrogen-bond acceptors (Lipinski definition) is 3. The number of halogens is 2. The Morgan fingerprint density at radius 3 is 2.79 bits per heavy atom. The Morgan fingerprint density at radius 2 is 2.21 bits per heavy atom. The number of methoxy groups -OCH3 is 1. The summed E-state index contributed by atoms with van der Waals surface area (Å²) in [5.41, 5.74) is 1.05. The lowest BCUT2D eigenvalue weighted by atomic mass is 10.3. The van der Waals surface area contributed by atoms with Crippen LogP contribution in [0.25, 0.3) is 0 Å². The molecular weight excluding hydrogens is 379 g/mol. The molecule has 0 unspecified atom stereocenters. The van der Waals surface area contributed by atoms with E-state index in [1.54, 1.807) is 26.4 Å². The van der Waals surface area contributed by atoms with Gasteiger partial charge >= 0.3 is 0 Å². The van der Waals surface area contributed by atoms with Crippen molar-refractivity contribution >= 4 is 41.5 Å². The summed E-state index contributed by atoms with van der Waals surface area (Å²) in [7, 11) is 3.44. The Morgan fingerprint density at radius 1 is 1.42 bits per heavy atom. The highest BCUT2D eigenvalue weighted by Crippen LogP contribution is 2.04. The molecule has 19 heavy (non-hydrogen) atoms. The summed E-state index contributed by atoms with van der Waals surface area (Å²) in [6, 6.07) is 3.70. The van der Waals surface area contributed by atoms with Gasteiger partial charge in [0.15, 0.2) is 5.96 Å². The lowest BCUT2D eigenvalue weighted by Gasteiger charge is -2.11. The van der Waals surface area contributed by atoms with Crippen molar-refractivity contribution in [1.29, 1.82) is 0 Å². The van der Waals surface area contributed by atoms with Crippen molar-refractivity contribution in [3.05, 3.63) is 29.0 Å². The maximum absolute atomic E-state index is 5.72. The molecule has 1 aromatic heterocycles. The van der Waals surface area contributed by atoms with E-state index in [4.69, 9.17) is 16.3 Å². The Kier molecular flexibility index (Phi) is 10.9. The van der Waals surface area contributed by atoms with Gasteiger partial charge in [-0.15, -0.1) is 24.0 Å². The van der Waals surface area contributed by atoms with Gasteiger partial charge in [0.1, 0.15) is 5.15 Å². The van der Waals surface area contributed by atoms with E-state index >= 15 is 0 Å². The third-order valence-electron chi connectivity index (χ3n) is 2.29. The first-order chi connectivity index (χ1) is 8.76. The molecule has 7 heteroatoms. The average Bonchev–Trinajstić information content (AvgIpc) is 2.40. The predicted molar refractivity (Wildman–Crippen MR) is 89.4 cm³/mol. The van der Waals surface area contributed by atoms with E-state index < -0.39 is 0 Å². The first-order valence-electron chi connectivity index (χ1n) is 5.80. The largest absolute Gasteiger partial charge is 0.385 e. The summed E-state index contributed by atoms with van der Waals surface area (Å²) in [5, 5.41) is 6.90. The number of hydrogen-bond donors (Lipinski definition) is 2. The smallest absolute Gasteiger partial charge is 0.191 e. The van der Waals surface area contributed by atoms with Crippen molar-refractivity contribution < 1.29 is 4.74 Å². The van der Waals surface area contributed by atoms with Crippen LogP contribution >= 0.6 is 35.6 Å². The third kappa shape index (κ3) is 8.22. The summed E-state index contributed by atoms with van der Waals surface area (Å²) >= 11 is 5.72. The Hall–Kier alpha value is -0.600. The first-order valence-corrected chi connectivity index (χ1v) is 6.18. The molecule has 0 spiro atoms. The molecule has 0 atom stereocenters. The molecule has 0 amide bonds. The van der Waals surface area contributed by atoms with E-state index in [0.29, 0.717) is 11.7 Å². The van der Waals surface area contributed by atoms with Gasteiger partial charge < -0.3 is 15.4 Å². The van der Waals surface area contributed by atoms with E-state index in [0.717, 1.165) is 31.1 Å². The first kappa shape index (κ1) is 18.4. The number of pyridine rings is 1. The monoisotopic (exact) mass is 398 g/mol. The second kappa shape index (κ2) is 11.2. The van der Waals surface area contributed by atoms with E-state index in [2.05, 4.69) is 20.6 Å². The fraction of sp³-hybridized carbons (Fsp3) is 0.500. The fourth-order valence-corrected chi connectivity index (χ4v) is 1.45. The van der Waals surface area contributed by atoms with Gasteiger partial charge in [-0.05, 0) is 18.1 Å². The number of nitrogens with one attached hydrogen (secondary N) is 2. The van der Waals surface area contributed by atoms with Gasteiger partial charge in [-0.25, -0.2) is 4.98 Å². The number of ether oxygens (including phenoxy) is 1. The van der Waals surface area contributed by atoms with Crippen LogP contribution in [0.2, 0.25) is 5.15 Å². The van der Waals surface area contributed by atoms with E-state index in [9.17, 15) is 0 Å². The molecule has 1 rings (SSSR count). The highest BCUT2D eigenvalue weighted by atomic mass is 127. The topological polar surface area (TPSA) is 58.5 Å². The number of aliphatic imine (C=N–C) groups is 1. The van der Waals surface area contributed by atoms with E-state index in [1.807, 2.05) is 6.07 Å². The third-order valence-corrected chi connectivity index (χ3v) is 2.51. The lowest BCUT2D eigenvalue weighted by molar-refractivity contribution is 0.195. The van der Waals surface area contributed by atoms with Gasteiger partial charge in [-0.3, -0.25) is 4.99 Å².